The molecule has 0 saturated heterocycles. The first kappa shape index (κ1) is 9.42. The normalized spacial score (nSPS) is 13.3. The zero-order valence-electron chi connectivity index (χ0n) is 7.28. The van der Waals surface area contributed by atoms with E-state index in [9.17, 15) is 4.79 Å². The molecule has 0 amide bonds. The topological polar surface area (TPSA) is 43.1 Å². The molecule has 0 spiro atoms. The Labute approximate surface area is 76.4 Å². The Balaban J connectivity index is 2.93. The fraction of sp³-hybridized carbons (Fsp3) is 0.444. The van der Waals surface area contributed by atoms with E-state index < -0.39 is 0 Å². The third-order valence-corrected chi connectivity index (χ3v) is 2.91. The molecular formula is C9H13NOS. The van der Waals surface area contributed by atoms with Gasteiger partial charge in [0.25, 0.3) is 0 Å². The van der Waals surface area contributed by atoms with E-state index in [1.165, 1.54) is 0 Å². The van der Waals surface area contributed by atoms with Crippen LogP contribution in [0.2, 0.25) is 0 Å². The third kappa shape index (κ3) is 1.73. The van der Waals surface area contributed by atoms with Crippen molar-refractivity contribution in [3.05, 3.63) is 21.9 Å². The molecule has 1 aromatic rings. The summed E-state index contributed by atoms with van der Waals surface area (Å²) < 4.78 is 0. The van der Waals surface area contributed by atoms with Gasteiger partial charge in [-0.15, -0.1) is 11.3 Å². The first-order valence-corrected chi connectivity index (χ1v) is 4.83. The molecule has 0 fully saturated rings. The highest BCUT2D eigenvalue weighted by Crippen LogP contribution is 2.26. The number of nitrogens with two attached hydrogens (primary N) is 1. The van der Waals surface area contributed by atoms with Gasteiger partial charge >= 0.3 is 0 Å². The molecule has 0 radical (unpaired) electrons. The summed E-state index contributed by atoms with van der Waals surface area (Å²) in [5.41, 5.74) is 6.65. The highest BCUT2D eigenvalue weighted by molar-refractivity contribution is 7.10. The van der Waals surface area contributed by atoms with Crippen molar-refractivity contribution < 1.29 is 4.79 Å². The van der Waals surface area contributed by atoms with E-state index in [0.29, 0.717) is 5.92 Å². The minimum Gasteiger partial charge on any atom is -0.323 e. The van der Waals surface area contributed by atoms with Crippen LogP contribution in [0.25, 0.3) is 0 Å². The number of rotatable bonds is 3. The molecule has 1 heterocycles. The Morgan fingerprint density at radius 3 is 2.75 bits per heavy atom. The van der Waals surface area contributed by atoms with Crippen molar-refractivity contribution >= 4 is 17.6 Å². The summed E-state index contributed by atoms with van der Waals surface area (Å²) in [5.74, 6) is 0.377. The van der Waals surface area contributed by atoms with Crippen molar-refractivity contribution in [2.75, 3.05) is 0 Å². The lowest BCUT2D eigenvalue weighted by atomic mass is 10.0. The van der Waals surface area contributed by atoms with Crippen LogP contribution in [0.1, 0.15) is 35.1 Å². The molecule has 2 N–H and O–H groups in total. The SMILES string of the molecule is CC(C)C(N)c1sccc1C=O. The van der Waals surface area contributed by atoms with E-state index >= 15 is 0 Å². The Bertz CT molecular complexity index is 267. The van der Waals surface area contributed by atoms with E-state index in [4.69, 9.17) is 5.73 Å². The molecule has 0 saturated carbocycles. The molecule has 1 rings (SSSR count). The molecule has 1 unspecified atom stereocenters. The van der Waals surface area contributed by atoms with Crippen molar-refractivity contribution in [1.82, 2.24) is 0 Å². The van der Waals surface area contributed by atoms with Crippen LogP contribution in [-0.4, -0.2) is 6.29 Å². The standard InChI is InChI=1S/C9H13NOS/c1-6(2)8(10)9-7(5-11)3-4-12-9/h3-6,8H,10H2,1-2H3. The van der Waals surface area contributed by atoms with Crippen LogP contribution in [0.5, 0.6) is 0 Å². The molecule has 1 atom stereocenters. The number of hydrogen-bond acceptors (Lipinski definition) is 3. The van der Waals surface area contributed by atoms with Gasteiger partial charge in [0, 0.05) is 16.5 Å². The van der Waals surface area contributed by atoms with Crippen molar-refractivity contribution in [3.8, 4) is 0 Å². The minimum atomic E-state index is -0.00907. The summed E-state index contributed by atoms with van der Waals surface area (Å²) in [4.78, 5) is 11.6. The highest BCUT2D eigenvalue weighted by Gasteiger charge is 2.15. The third-order valence-electron chi connectivity index (χ3n) is 1.88. The van der Waals surface area contributed by atoms with Gasteiger partial charge in [0.2, 0.25) is 0 Å². The van der Waals surface area contributed by atoms with Crippen LogP contribution in [0, 0.1) is 5.92 Å². The lowest BCUT2D eigenvalue weighted by molar-refractivity contribution is 0.112. The lowest BCUT2D eigenvalue weighted by Gasteiger charge is -2.14. The Morgan fingerprint density at radius 2 is 2.25 bits per heavy atom. The van der Waals surface area contributed by atoms with Gasteiger partial charge in [0.1, 0.15) is 0 Å². The van der Waals surface area contributed by atoms with E-state index in [1.54, 1.807) is 11.3 Å². The van der Waals surface area contributed by atoms with Gasteiger partial charge in [-0.1, -0.05) is 13.8 Å². The Morgan fingerprint density at radius 1 is 1.58 bits per heavy atom. The molecule has 3 heteroatoms. The van der Waals surface area contributed by atoms with Gasteiger partial charge in [-0.2, -0.15) is 0 Å². The Kier molecular flexibility index (Phi) is 3.00. The average Bonchev–Trinajstić information content (AvgIpc) is 2.49. The summed E-state index contributed by atoms with van der Waals surface area (Å²) in [6.07, 6.45) is 0.869. The van der Waals surface area contributed by atoms with Gasteiger partial charge in [0.05, 0.1) is 0 Å². The predicted molar refractivity (Wildman–Crippen MR) is 51.5 cm³/mol. The molecule has 0 aliphatic heterocycles. The monoisotopic (exact) mass is 183 g/mol. The molecule has 0 aliphatic rings. The van der Waals surface area contributed by atoms with Crippen molar-refractivity contribution in [1.29, 1.82) is 0 Å². The molecule has 0 bridgehead atoms. The van der Waals surface area contributed by atoms with E-state index in [-0.39, 0.29) is 6.04 Å². The van der Waals surface area contributed by atoms with Gasteiger partial charge < -0.3 is 5.73 Å². The van der Waals surface area contributed by atoms with Crippen LogP contribution >= 0.6 is 11.3 Å². The van der Waals surface area contributed by atoms with Crippen LogP contribution in [0.15, 0.2) is 11.4 Å². The smallest absolute Gasteiger partial charge is 0.151 e. The maximum absolute atomic E-state index is 10.6. The molecule has 12 heavy (non-hydrogen) atoms. The van der Waals surface area contributed by atoms with E-state index in [1.807, 2.05) is 11.4 Å². The van der Waals surface area contributed by atoms with Crippen molar-refractivity contribution in [2.24, 2.45) is 11.7 Å². The number of aldehydes is 1. The molecule has 0 aromatic carbocycles. The zero-order valence-corrected chi connectivity index (χ0v) is 8.10. The lowest BCUT2D eigenvalue weighted by Crippen LogP contribution is -2.16. The first-order chi connectivity index (χ1) is 5.66. The fourth-order valence-corrected chi connectivity index (χ4v) is 2.04. The maximum Gasteiger partial charge on any atom is 0.151 e. The molecule has 1 aromatic heterocycles. The van der Waals surface area contributed by atoms with Gasteiger partial charge in [-0.3, -0.25) is 4.79 Å². The average molecular weight is 183 g/mol. The molecule has 66 valence electrons. The first-order valence-electron chi connectivity index (χ1n) is 3.95. The second-order valence-electron chi connectivity index (χ2n) is 3.13. The molecule has 0 aliphatic carbocycles. The predicted octanol–water partition coefficient (Wildman–Crippen LogP) is 2.22. The molecular weight excluding hydrogens is 170 g/mol. The van der Waals surface area contributed by atoms with Gasteiger partial charge in [-0.25, -0.2) is 0 Å². The summed E-state index contributed by atoms with van der Waals surface area (Å²) in [5, 5.41) is 1.90. The fourth-order valence-electron chi connectivity index (χ4n) is 1.00. The number of carbonyl (C=O) groups is 1. The van der Waals surface area contributed by atoms with Gasteiger partial charge in [0.15, 0.2) is 6.29 Å². The minimum absolute atomic E-state index is 0.00907. The summed E-state index contributed by atoms with van der Waals surface area (Å²) in [6.45, 7) is 4.11. The van der Waals surface area contributed by atoms with Crippen molar-refractivity contribution in [3.63, 3.8) is 0 Å². The van der Waals surface area contributed by atoms with Crippen LogP contribution in [0.3, 0.4) is 0 Å². The summed E-state index contributed by atoms with van der Waals surface area (Å²) in [6, 6.07) is 1.81. The molecule has 2 nitrogen and oxygen atoms in total. The second-order valence-corrected chi connectivity index (χ2v) is 4.08. The second kappa shape index (κ2) is 3.83. The number of hydrogen-bond donors (Lipinski definition) is 1. The Hall–Kier alpha value is -0.670. The quantitative estimate of drug-likeness (QED) is 0.730. The van der Waals surface area contributed by atoms with Crippen LogP contribution < -0.4 is 5.73 Å². The summed E-state index contributed by atoms with van der Waals surface area (Å²) >= 11 is 1.55. The van der Waals surface area contributed by atoms with E-state index in [0.717, 1.165) is 16.7 Å². The van der Waals surface area contributed by atoms with Crippen LogP contribution in [0.4, 0.5) is 0 Å². The number of thiophene rings is 1. The largest absolute Gasteiger partial charge is 0.323 e. The highest BCUT2D eigenvalue weighted by atomic mass is 32.1. The number of carbonyl (C=O) groups excluding carboxylic acids is 1. The van der Waals surface area contributed by atoms with Crippen molar-refractivity contribution in [2.45, 2.75) is 19.9 Å². The van der Waals surface area contributed by atoms with E-state index in [2.05, 4.69) is 13.8 Å². The van der Waals surface area contributed by atoms with Gasteiger partial charge in [-0.05, 0) is 17.4 Å². The summed E-state index contributed by atoms with van der Waals surface area (Å²) in [7, 11) is 0. The van der Waals surface area contributed by atoms with Crippen LogP contribution in [-0.2, 0) is 0 Å². The maximum atomic E-state index is 10.6. The zero-order chi connectivity index (χ0) is 9.14.